The van der Waals surface area contributed by atoms with Crippen molar-refractivity contribution in [3.8, 4) is 17.1 Å². The number of aryl methyl sites for hydroxylation is 1. The maximum absolute atomic E-state index is 14.0. The first-order chi connectivity index (χ1) is 60.9. The van der Waals surface area contributed by atoms with Crippen molar-refractivity contribution in [3.63, 3.8) is 0 Å². The fourth-order valence-corrected chi connectivity index (χ4v) is 13.7. The van der Waals surface area contributed by atoms with Gasteiger partial charge in [0.15, 0.2) is 16.8 Å². The van der Waals surface area contributed by atoms with Crippen molar-refractivity contribution in [2.75, 3.05) is 122 Å². The van der Waals surface area contributed by atoms with Crippen LogP contribution in [0.1, 0.15) is 109 Å². The second-order valence-electron chi connectivity index (χ2n) is 29.9. The van der Waals surface area contributed by atoms with E-state index in [0.717, 1.165) is 27.6 Å². The van der Waals surface area contributed by atoms with Crippen LogP contribution in [0.2, 0.25) is 0 Å². The minimum Gasteiger partial charge on any atom is -0.489 e. The molecule has 126 heavy (non-hydrogen) atoms. The Morgan fingerprint density at radius 3 is 2.06 bits per heavy atom. The molecule has 5 aromatic heterocycles. The molecule has 0 saturated carbocycles. The molecule has 40 nitrogen and oxygen atoms in total. The van der Waals surface area contributed by atoms with Crippen LogP contribution in [0.5, 0.6) is 5.75 Å². The largest absolute Gasteiger partial charge is 0.489 e. The molecule has 2 aliphatic heterocycles. The molecule has 0 unspecified atom stereocenters. The van der Waals surface area contributed by atoms with Gasteiger partial charge in [-0.3, -0.25) is 48.1 Å². The summed E-state index contributed by atoms with van der Waals surface area (Å²) in [6, 6.07) is 25.9. The third-order valence-corrected chi connectivity index (χ3v) is 20.3. The summed E-state index contributed by atoms with van der Waals surface area (Å²) in [6.07, 6.45) is 3.83. The average molecular weight is 1740 g/mol. The van der Waals surface area contributed by atoms with Gasteiger partial charge in [0.25, 0.3) is 17.0 Å². The molecule has 0 spiro atoms. The number of nitrogens with one attached hydrogen (secondary N) is 9. The van der Waals surface area contributed by atoms with E-state index in [-0.39, 0.29) is 176 Å². The number of aromatic nitrogens is 9. The number of hydrogen-bond acceptors (Lipinski definition) is 29. The van der Waals surface area contributed by atoms with Crippen molar-refractivity contribution in [3.05, 3.63) is 187 Å². The SMILES string of the molecule is CCc1c2c(nc3ccc(OCc4ccc(NC(=O)CNC(=O)[C@H](CC(C)C)NC(=O)[C@H](Cc5ccccc5)NC(=O)CNC(=O)COCCOCCOCCOCc5cn(CCOCCOCCOCCNC(=O)CC[C@H](NC(=O)c6ccc(NCc7cnc8nc(N)[nH]c(=O)c8n7)cc6)C(=O)O)nn5)cc4)cc13)-c1cc3c(c(=O)n1C2)COC(=O)[C@]3(O)CC. The summed E-state index contributed by atoms with van der Waals surface area (Å²) in [5.74, 6) is -5.73. The molecular weight excluding hydrogens is 1640 g/mol. The van der Waals surface area contributed by atoms with E-state index in [1.807, 2.05) is 39.0 Å². The molecule has 2 aliphatic rings. The molecule has 11 rings (SSSR count). The molecule has 670 valence electrons. The number of H-pyrrole nitrogens is 1. The van der Waals surface area contributed by atoms with Crippen LogP contribution in [0.25, 0.3) is 33.5 Å². The zero-order valence-electron chi connectivity index (χ0n) is 70.3. The van der Waals surface area contributed by atoms with Gasteiger partial charge in [0.05, 0.1) is 159 Å². The number of amides is 7. The van der Waals surface area contributed by atoms with E-state index in [4.69, 9.17) is 53.3 Å². The summed E-state index contributed by atoms with van der Waals surface area (Å²) >= 11 is 0. The molecule has 7 heterocycles. The van der Waals surface area contributed by atoms with Crippen molar-refractivity contribution in [1.82, 2.24) is 76.4 Å². The monoisotopic (exact) mass is 1740 g/mol. The van der Waals surface area contributed by atoms with Crippen LogP contribution >= 0.6 is 0 Å². The molecule has 0 aliphatic carbocycles. The normalized spacial score (nSPS) is 13.9. The molecule has 0 bridgehead atoms. The molecular formula is C86H104N18O22. The van der Waals surface area contributed by atoms with Crippen molar-refractivity contribution in [2.24, 2.45) is 5.92 Å². The van der Waals surface area contributed by atoms with E-state index >= 15 is 0 Å². The van der Waals surface area contributed by atoms with Gasteiger partial charge in [0, 0.05) is 52.8 Å². The number of ether oxygens (including phenoxy) is 9. The average Bonchev–Trinajstić information content (AvgIpc) is 1.54. The number of benzene rings is 4. The third kappa shape index (κ3) is 27.0. The quantitative estimate of drug-likeness (QED) is 0.0192. The number of aliphatic hydroxyl groups is 1. The second kappa shape index (κ2) is 46.6. The van der Waals surface area contributed by atoms with E-state index in [1.165, 1.54) is 18.3 Å². The first-order valence-corrected chi connectivity index (χ1v) is 41.3. The smallest absolute Gasteiger partial charge is 0.343 e. The van der Waals surface area contributed by atoms with Gasteiger partial charge in [-0.05, 0) is 109 Å². The van der Waals surface area contributed by atoms with Crippen molar-refractivity contribution in [1.29, 1.82) is 0 Å². The lowest BCUT2D eigenvalue weighted by molar-refractivity contribution is -0.172. The number of rotatable bonds is 52. The highest BCUT2D eigenvalue weighted by Gasteiger charge is 2.46. The molecule has 0 saturated heterocycles. The Morgan fingerprint density at radius 2 is 1.35 bits per heavy atom. The maximum atomic E-state index is 14.0. The zero-order chi connectivity index (χ0) is 89.5. The summed E-state index contributed by atoms with van der Waals surface area (Å²) in [4.78, 5) is 163. The van der Waals surface area contributed by atoms with E-state index in [2.05, 4.69) is 72.8 Å². The molecule has 7 amide bonds. The molecule has 4 aromatic carbocycles. The number of hydrogen-bond donors (Lipinski definition) is 12. The number of fused-ring (bicyclic) bond motifs is 6. The number of carboxylic acid groups (broad SMARTS) is 1. The highest BCUT2D eigenvalue weighted by molar-refractivity contribution is 5.99. The van der Waals surface area contributed by atoms with Gasteiger partial charge in [-0.25, -0.2) is 29.2 Å². The Hall–Kier alpha value is -13.1. The van der Waals surface area contributed by atoms with Gasteiger partial charge in [0.2, 0.25) is 41.4 Å². The molecule has 13 N–H and O–H groups in total. The highest BCUT2D eigenvalue weighted by Crippen LogP contribution is 2.41. The standard InChI is InChI=1S/C86H104N18O22/c1-5-61-62-40-60(20-21-66(62)96-75-63(61)47-104-70(75)41-65-64(82(104)113)50-126-84(116)86(65,117)6-2)125-48-54-12-16-57(17-13-54)93-72(106)45-92-79(110)68(38-52(3)4)98-80(111)69(39-53-10-8-7-9-11-53)95-73(107)44-90-74(108)51-124-37-35-122-33-32-121-34-36-123-49-59-46-103(102-101-59)25-27-119-29-31-120-30-28-118-26-24-88-71(105)23-22-67(83(114)115)97-78(109)55-14-18-56(19-15-55)89-42-58-43-91-77-76(94-58)81(112)100-85(87)99-77/h7-21,40-41,43,46,52,67-69,89,117H,5-6,22-39,42,44-45,47-51H2,1-4H3,(H,88,105)(H,90,108)(H,92,110)(H,93,106)(H,95,107)(H,97,109)(H,98,111)(H,114,115)(H3,87,91,99,100,112)/t67-,68-,69-,86-/m0/s1. The van der Waals surface area contributed by atoms with E-state index in [9.17, 15) is 63.0 Å². The van der Waals surface area contributed by atoms with Gasteiger partial charge >= 0.3 is 11.9 Å². The zero-order valence-corrected chi connectivity index (χ0v) is 70.3. The molecule has 9 aromatic rings. The minimum absolute atomic E-state index is 0.0358. The number of carboxylic acids is 1. The Bertz CT molecular complexity index is 5400. The fourth-order valence-electron chi connectivity index (χ4n) is 13.7. The number of nitrogen functional groups attached to an aromatic ring is 1. The van der Waals surface area contributed by atoms with Gasteiger partial charge in [-0.2, -0.15) is 4.98 Å². The Labute approximate surface area is 722 Å². The fraction of sp³-hybridized carbons (Fsp3) is 0.430. The number of cyclic esters (lactones) is 1. The van der Waals surface area contributed by atoms with Crippen LogP contribution in [-0.2, 0) is 134 Å². The van der Waals surface area contributed by atoms with Crippen LogP contribution < -0.4 is 64.1 Å². The molecule has 0 radical (unpaired) electrons. The first kappa shape index (κ1) is 93.6. The molecule has 40 heteroatoms. The van der Waals surface area contributed by atoms with E-state index < -0.39 is 95.7 Å². The van der Waals surface area contributed by atoms with Crippen LogP contribution in [0.4, 0.5) is 17.3 Å². The Balaban J connectivity index is 0.483. The lowest BCUT2D eigenvalue weighted by atomic mass is 9.86. The van der Waals surface area contributed by atoms with Gasteiger partial charge in [-0.15, -0.1) is 5.10 Å². The first-order valence-electron chi connectivity index (χ1n) is 41.3. The maximum Gasteiger partial charge on any atom is 0.343 e. The highest BCUT2D eigenvalue weighted by atomic mass is 16.6. The summed E-state index contributed by atoms with van der Waals surface area (Å²) in [6.45, 7) is 10.5. The summed E-state index contributed by atoms with van der Waals surface area (Å²) in [5.41, 5.74) is 11.0. The number of carbonyl (C=O) groups excluding carboxylic acids is 8. The lowest BCUT2D eigenvalue weighted by Crippen LogP contribution is -2.56. The van der Waals surface area contributed by atoms with Crippen LogP contribution in [0, 0.1) is 5.92 Å². The number of aliphatic carboxylic acids is 1. The topological polar surface area (TPSA) is 537 Å². The predicted octanol–water partition coefficient (Wildman–Crippen LogP) is 2.56. The minimum atomic E-state index is -1.93. The van der Waals surface area contributed by atoms with Crippen LogP contribution in [0.3, 0.4) is 0 Å². The number of nitrogens with zero attached hydrogens (tertiary/aromatic N) is 8. The van der Waals surface area contributed by atoms with E-state index in [0.29, 0.717) is 84.8 Å². The predicted molar refractivity (Wildman–Crippen MR) is 455 cm³/mol. The van der Waals surface area contributed by atoms with Crippen molar-refractivity contribution in [2.45, 2.75) is 129 Å². The van der Waals surface area contributed by atoms with Gasteiger partial charge < -0.3 is 106 Å². The number of aromatic amines is 1. The molecule has 4 atom stereocenters. The second-order valence-corrected chi connectivity index (χ2v) is 29.9. The number of carbonyl (C=O) groups is 9. The summed E-state index contributed by atoms with van der Waals surface area (Å²) < 4.78 is 53.6. The summed E-state index contributed by atoms with van der Waals surface area (Å²) in [7, 11) is 0. The van der Waals surface area contributed by atoms with E-state index in [1.54, 1.807) is 95.2 Å². The third-order valence-electron chi connectivity index (χ3n) is 20.3. The van der Waals surface area contributed by atoms with Crippen LogP contribution in [0.15, 0.2) is 125 Å². The summed E-state index contributed by atoms with van der Waals surface area (Å²) in [5, 5.41) is 51.7. The van der Waals surface area contributed by atoms with Crippen molar-refractivity contribution < 1.29 is 96.0 Å². The number of esters is 1. The van der Waals surface area contributed by atoms with Gasteiger partial charge in [0.1, 0.15) is 49.4 Å². The van der Waals surface area contributed by atoms with Crippen molar-refractivity contribution >= 4 is 92.7 Å². The van der Waals surface area contributed by atoms with Crippen LogP contribution in [-0.4, -0.2) is 232 Å². The number of nitrogens with two attached hydrogens (primary N) is 1. The molecule has 0 fully saturated rings. The number of anilines is 3. The van der Waals surface area contributed by atoms with Gasteiger partial charge in [-0.1, -0.05) is 75.4 Å². The number of pyridine rings is 2. The lowest BCUT2D eigenvalue weighted by Gasteiger charge is -2.31. The Morgan fingerprint density at radius 1 is 0.659 bits per heavy atom. The Kier molecular flexibility index (Phi) is 34.6.